The average Bonchev–Trinajstić information content (AvgIpc) is 2.71. The summed E-state index contributed by atoms with van der Waals surface area (Å²) < 4.78 is 0. The second-order valence-corrected chi connectivity index (χ2v) is 4.79. The van der Waals surface area contributed by atoms with Crippen molar-refractivity contribution in [2.45, 2.75) is 25.3 Å². The predicted octanol–water partition coefficient (Wildman–Crippen LogP) is 1.15. The zero-order valence-corrected chi connectivity index (χ0v) is 9.34. The van der Waals surface area contributed by atoms with Gasteiger partial charge in [0.15, 0.2) is 0 Å². The van der Waals surface area contributed by atoms with Crippen molar-refractivity contribution < 1.29 is 14.8 Å². The van der Waals surface area contributed by atoms with E-state index in [9.17, 15) is 9.59 Å². The van der Waals surface area contributed by atoms with E-state index >= 15 is 0 Å². The molecular weight excluding hydrogens is 228 g/mol. The first-order valence-corrected chi connectivity index (χ1v) is 5.87. The minimum Gasteiger partial charge on any atom is -0.349 e. The van der Waals surface area contributed by atoms with Gasteiger partial charge in [0.05, 0.1) is 9.75 Å². The molecule has 1 aliphatic rings. The molecule has 5 nitrogen and oxygen atoms in total. The summed E-state index contributed by atoms with van der Waals surface area (Å²) in [5.74, 6) is -0.737. The van der Waals surface area contributed by atoms with E-state index < -0.39 is 5.91 Å². The summed E-state index contributed by atoms with van der Waals surface area (Å²) in [6.07, 6.45) is 3.22. The highest BCUT2D eigenvalue weighted by Gasteiger charge is 2.21. The van der Waals surface area contributed by atoms with Gasteiger partial charge in [0.1, 0.15) is 0 Å². The number of rotatable bonds is 3. The summed E-state index contributed by atoms with van der Waals surface area (Å²) in [6.45, 7) is 0. The van der Waals surface area contributed by atoms with Crippen LogP contribution in [-0.2, 0) is 0 Å². The highest BCUT2D eigenvalue weighted by atomic mass is 32.1. The Hall–Kier alpha value is -1.40. The monoisotopic (exact) mass is 240 g/mol. The van der Waals surface area contributed by atoms with Crippen molar-refractivity contribution >= 4 is 23.2 Å². The quantitative estimate of drug-likeness (QED) is 0.548. The molecule has 0 unspecified atom stereocenters. The molecule has 1 heterocycles. The lowest BCUT2D eigenvalue weighted by Crippen LogP contribution is -2.39. The molecule has 0 aliphatic heterocycles. The molecule has 0 spiro atoms. The number of hydrogen-bond acceptors (Lipinski definition) is 4. The number of hydroxylamine groups is 1. The second kappa shape index (κ2) is 4.63. The third kappa shape index (κ3) is 2.23. The lowest BCUT2D eigenvalue weighted by Gasteiger charge is -2.25. The van der Waals surface area contributed by atoms with Gasteiger partial charge in [-0.05, 0) is 31.4 Å². The maximum Gasteiger partial charge on any atom is 0.284 e. The number of thiophene rings is 1. The van der Waals surface area contributed by atoms with Gasteiger partial charge in [-0.15, -0.1) is 11.3 Å². The molecular formula is C10H12N2O3S. The van der Waals surface area contributed by atoms with Crippen LogP contribution in [-0.4, -0.2) is 23.1 Å². The summed E-state index contributed by atoms with van der Waals surface area (Å²) in [4.78, 5) is 23.5. The summed E-state index contributed by atoms with van der Waals surface area (Å²) in [7, 11) is 0. The van der Waals surface area contributed by atoms with Crippen molar-refractivity contribution in [3.63, 3.8) is 0 Å². The van der Waals surface area contributed by atoms with Crippen molar-refractivity contribution in [3.05, 3.63) is 21.9 Å². The maximum absolute atomic E-state index is 11.7. The van der Waals surface area contributed by atoms with Gasteiger partial charge < -0.3 is 5.32 Å². The van der Waals surface area contributed by atoms with Crippen molar-refractivity contribution in [2.24, 2.45) is 0 Å². The van der Waals surface area contributed by atoms with Gasteiger partial charge in [-0.25, -0.2) is 5.48 Å². The highest BCUT2D eigenvalue weighted by molar-refractivity contribution is 7.15. The van der Waals surface area contributed by atoms with E-state index in [-0.39, 0.29) is 11.9 Å². The molecule has 0 saturated heterocycles. The van der Waals surface area contributed by atoms with Crippen LogP contribution < -0.4 is 10.8 Å². The Morgan fingerprint density at radius 1 is 1.25 bits per heavy atom. The predicted molar refractivity (Wildman–Crippen MR) is 58.7 cm³/mol. The zero-order valence-electron chi connectivity index (χ0n) is 8.53. The molecule has 2 amide bonds. The SMILES string of the molecule is O=C(NO)c1ccc(C(=O)NC2CCC2)s1. The smallest absolute Gasteiger partial charge is 0.284 e. The second-order valence-electron chi connectivity index (χ2n) is 3.71. The van der Waals surface area contributed by atoms with Gasteiger partial charge in [0.2, 0.25) is 0 Å². The van der Waals surface area contributed by atoms with Gasteiger partial charge in [-0.3, -0.25) is 14.8 Å². The van der Waals surface area contributed by atoms with E-state index in [0.717, 1.165) is 30.6 Å². The minimum atomic E-state index is -0.590. The molecule has 1 aromatic rings. The fourth-order valence-electron chi connectivity index (χ4n) is 1.45. The van der Waals surface area contributed by atoms with Crippen LogP contribution in [0.25, 0.3) is 0 Å². The molecule has 1 fully saturated rings. The topological polar surface area (TPSA) is 78.4 Å². The molecule has 2 rings (SSSR count). The van der Waals surface area contributed by atoms with E-state index in [1.807, 2.05) is 0 Å². The summed E-state index contributed by atoms with van der Waals surface area (Å²) in [5, 5.41) is 11.3. The van der Waals surface area contributed by atoms with Gasteiger partial charge >= 0.3 is 0 Å². The number of carbonyl (C=O) groups excluding carboxylic acids is 2. The average molecular weight is 240 g/mol. The van der Waals surface area contributed by atoms with Crippen molar-refractivity contribution in [2.75, 3.05) is 0 Å². The minimum absolute atomic E-state index is 0.147. The van der Waals surface area contributed by atoms with Crippen LogP contribution in [0.15, 0.2) is 12.1 Å². The van der Waals surface area contributed by atoms with Crippen LogP contribution >= 0.6 is 11.3 Å². The van der Waals surface area contributed by atoms with Crippen LogP contribution in [0.4, 0.5) is 0 Å². The third-order valence-corrected chi connectivity index (χ3v) is 3.68. The van der Waals surface area contributed by atoms with E-state index in [0.29, 0.717) is 9.75 Å². The van der Waals surface area contributed by atoms with E-state index in [1.54, 1.807) is 6.07 Å². The highest BCUT2D eigenvalue weighted by Crippen LogP contribution is 2.21. The standard InChI is InChI=1S/C10H12N2O3S/c13-9(11-6-2-1-3-6)7-4-5-8(16-7)10(14)12-15/h4-6,15H,1-3H2,(H,11,13)(H,12,14). The maximum atomic E-state index is 11.7. The van der Waals surface area contributed by atoms with E-state index in [2.05, 4.69) is 5.32 Å². The Morgan fingerprint density at radius 3 is 2.38 bits per heavy atom. The Morgan fingerprint density at radius 2 is 1.88 bits per heavy atom. The fraction of sp³-hybridized carbons (Fsp3) is 0.400. The molecule has 0 aromatic carbocycles. The van der Waals surface area contributed by atoms with Crippen molar-refractivity contribution in [3.8, 4) is 0 Å². The molecule has 86 valence electrons. The van der Waals surface area contributed by atoms with Crippen molar-refractivity contribution in [1.82, 2.24) is 10.8 Å². The van der Waals surface area contributed by atoms with Crippen LogP contribution in [0.5, 0.6) is 0 Å². The van der Waals surface area contributed by atoms with Crippen LogP contribution in [0.3, 0.4) is 0 Å². The lowest BCUT2D eigenvalue weighted by molar-refractivity contribution is 0.0711. The molecule has 3 N–H and O–H groups in total. The van der Waals surface area contributed by atoms with Gasteiger partial charge in [-0.1, -0.05) is 0 Å². The number of amides is 2. The normalized spacial score (nSPS) is 15.3. The van der Waals surface area contributed by atoms with Gasteiger partial charge in [-0.2, -0.15) is 0 Å². The molecule has 0 radical (unpaired) electrons. The molecule has 1 saturated carbocycles. The van der Waals surface area contributed by atoms with Crippen LogP contribution in [0.1, 0.15) is 38.6 Å². The molecule has 6 heteroatoms. The third-order valence-electron chi connectivity index (χ3n) is 2.60. The zero-order chi connectivity index (χ0) is 11.5. The molecule has 1 aliphatic carbocycles. The molecule has 1 aromatic heterocycles. The van der Waals surface area contributed by atoms with Gasteiger partial charge in [0.25, 0.3) is 11.8 Å². The molecule has 0 bridgehead atoms. The Balaban J connectivity index is 2.00. The number of nitrogens with one attached hydrogen (secondary N) is 2. The Labute approximate surface area is 96.4 Å². The lowest BCUT2D eigenvalue weighted by atomic mass is 9.93. The Bertz CT molecular complexity index is 412. The van der Waals surface area contributed by atoms with E-state index in [4.69, 9.17) is 5.21 Å². The fourth-order valence-corrected chi connectivity index (χ4v) is 2.25. The first-order chi connectivity index (χ1) is 7.70. The van der Waals surface area contributed by atoms with E-state index in [1.165, 1.54) is 11.5 Å². The number of carbonyl (C=O) groups is 2. The van der Waals surface area contributed by atoms with Crippen LogP contribution in [0.2, 0.25) is 0 Å². The van der Waals surface area contributed by atoms with Gasteiger partial charge in [0, 0.05) is 6.04 Å². The Kier molecular flexibility index (Phi) is 3.21. The largest absolute Gasteiger partial charge is 0.349 e. The molecule has 16 heavy (non-hydrogen) atoms. The van der Waals surface area contributed by atoms with Crippen LogP contribution in [0, 0.1) is 0 Å². The first-order valence-electron chi connectivity index (χ1n) is 5.06. The molecule has 0 atom stereocenters. The number of hydrogen-bond donors (Lipinski definition) is 3. The first kappa shape index (κ1) is 11.1. The van der Waals surface area contributed by atoms with Crippen molar-refractivity contribution in [1.29, 1.82) is 0 Å². The summed E-state index contributed by atoms with van der Waals surface area (Å²) >= 11 is 1.07. The summed E-state index contributed by atoms with van der Waals surface area (Å²) in [6, 6.07) is 3.39. The summed E-state index contributed by atoms with van der Waals surface area (Å²) in [5.41, 5.74) is 1.54.